The van der Waals surface area contributed by atoms with Crippen LogP contribution in [0.5, 0.6) is 11.9 Å². The summed E-state index contributed by atoms with van der Waals surface area (Å²) in [5.41, 5.74) is 1.83. The van der Waals surface area contributed by atoms with E-state index in [-0.39, 0.29) is 24.2 Å². The minimum Gasteiger partial charge on any atom is -0.479 e. The zero-order valence-corrected chi connectivity index (χ0v) is 12.3. The minimum atomic E-state index is -0.239. The molecule has 0 radical (unpaired) electrons. The van der Waals surface area contributed by atoms with E-state index >= 15 is 0 Å². The van der Waals surface area contributed by atoms with Gasteiger partial charge in [0.05, 0.1) is 32.5 Å². The second-order valence-corrected chi connectivity index (χ2v) is 4.31. The first kappa shape index (κ1) is 14.8. The smallest absolute Gasteiger partial charge is 0.319 e. The summed E-state index contributed by atoms with van der Waals surface area (Å²) in [5, 5.41) is 6.50. The Kier molecular flexibility index (Phi) is 4.36. The molecule has 0 aliphatic heterocycles. The van der Waals surface area contributed by atoms with Gasteiger partial charge in [0.1, 0.15) is 11.4 Å². The number of aryl methyl sites for hydroxylation is 2. The van der Waals surface area contributed by atoms with Crippen LogP contribution in [0.15, 0.2) is 10.7 Å². The van der Waals surface area contributed by atoms with E-state index in [1.807, 2.05) is 0 Å². The predicted octanol–water partition coefficient (Wildman–Crippen LogP) is 1.28. The van der Waals surface area contributed by atoms with Crippen LogP contribution in [0, 0.1) is 13.8 Å². The van der Waals surface area contributed by atoms with Crippen molar-refractivity contribution in [3.8, 4) is 11.9 Å². The number of nitrogens with one attached hydrogen (secondary N) is 1. The van der Waals surface area contributed by atoms with Gasteiger partial charge in [-0.3, -0.25) is 4.79 Å². The number of carbonyl (C=O) groups is 1. The fourth-order valence-electron chi connectivity index (χ4n) is 1.80. The molecule has 0 aromatic carbocycles. The molecule has 0 aliphatic carbocycles. The number of aromatic nitrogens is 3. The molecule has 2 aromatic rings. The second kappa shape index (κ2) is 6.21. The van der Waals surface area contributed by atoms with E-state index in [4.69, 9.17) is 14.0 Å². The third-order valence-corrected chi connectivity index (χ3v) is 2.90. The number of rotatable bonds is 5. The highest BCUT2D eigenvalue weighted by Crippen LogP contribution is 2.23. The van der Waals surface area contributed by atoms with Crippen molar-refractivity contribution in [3.05, 3.63) is 23.2 Å². The third-order valence-electron chi connectivity index (χ3n) is 2.90. The number of amides is 1. The largest absolute Gasteiger partial charge is 0.479 e. The lowest BCUT2D eigenvalue weighted by Gasteiger charge is -2.09. The topological polar surface area (TPSA) is 99.4 Å². The molecular formula is C13H16N4O4. The van der Waals surface area contributed by atoms with Gasteiger partial charge in [0.15, 0.2) is 0 Å². The Morgan fingerprint density at radius 2 is 2.10 bits per heavy atom. The monoisotopic (exact) mass is 292 g/mol. The van der Waals surface area contributed by atoms with E-state index in [1.165, 1.54) is 20.4 Å². The van der Waals surface area contributed by atoms with E-state index in [9.17, 15) is 4.79 Å². The number of methoxy groups -OCH3 is 2. The molecule has 0 spiro atoms. The maximum Gasteiger partial charge on any atom is 0.319 e. The number of carbonyl (C=O) groups excluding carboxylic acids is 1. The fraction of sp³-hybridized carbons (Fsp3) is 0.385. The molecular weight excluding hydrogens is 276 g/mol. The number of nitrogens with zero attached hydrogens (tertiary/aromatic N) is 3. The molecule has 8 nitrogen and oxygen atoms in total. The second-order valence-electron chi connectivity index (χ2n) is 4.31. The molecule has 2 heterocycles. The minimum absolute atomic E-state index is 0.149. The Labute approximate surface area is 121 Å². The van der Waals surface area contributed by atoms with Gasteiger partial charge >= 0.3 is 6.01 Å². The Balaban J connectivity index is 2.13. The highest BCUT2D eigenvalue weighted by Gasteiger charge is 2.16. The predicted molar refractivity (Wildman–Crippen MR) is 73.4 cm³/mol. The molecule has 1 N–H and O–H groups in total. The molecule has 2 rings (SSSR count). The molecule has 0 fully saturated rings. The Bertz CT molecular complexity index is 634. The number of hydrogen-bond donors (Lipinski definition) is 1. The maximum absolute atomic E-state index is 12.1. The molecule has 0 saturated carbocycles. The Morgan fingerprint density at radius 1 is 1.33 bits per heavy atom. The van der Waals surface area contributed by atoms with E-state index in [2.05, 4.69) is 20.4 Å². The molecule has 2 aromatic heterocycles. The Hall–Kier alpha value is -2.64. The lowest BCUT2D eigenvalue weighted by molar-refractivity contribution is -0.115. The van der Waals surface area contributed by atoms with Gasteiger partial charge in [-0.05, 0) is 13.8 Å². The summed E-state index contributed by atoms with van der Waals surface area (Å²) in [6.45, 7) is 3.55. The first-order valence-electron chi connectivity index (χ1n) is 6.21. The molecule has 112 valence electrons. The van der Waals surface area contributed by atoms with Crippen LogP contribution in [-0.4, -0.2) is 35.3 Å². The molecule has 0 bridgehead atoms. The summed E-state index contributed by atoms with van der Waals surface area (Å²) in [6, 6.07) is 0.163. The van der Waals surface area contributed by atoms with Crippen LogP contribution in [-0.2, 0) is 11.2 Å². The van der Waals surface area contributed by atoms with E-state index in [0.717, 1.165) is 5.56 Å². The number of anilines is 1. The molecule has 21 heavy (non-hydrogen) atoms. The van der Waals surface area contributed by atoms with Crippen molar-refractivity contribution in [1.82, 2.24) is 15.1 Å². The van der Waals surface area contributed by atoms with Crippen LogP contribution in [0.1, 0.15) is 17.0 Å². The van der Waals surface area contributed by atoms with Crippen molar-refractivity contribution >= 4 is 11.6 Å². The standard InChI is InChI=1S/C13H16N4O4/c1-7-9(8(2)21-17-7)5-11(18)15-10-6-14-13(20-4)16-12(10)19-3/h6H,5H2,1-4H3,(H,15,18). The number of hydrogen-bond acceptors (Lipinski definition) is 7. The molecule has 0 unspecified atom stereocenters. The zero-order valence-electron chi connectivity index (χ0n) is 12.3. The molecule has 8 heteroatoms. The zero-order chi connectivity index (χ0) is 15.4. The van der Waals surface area contributed by atoms with Gasteiger partial charge in [-0.15, -0.1) is 0 Å². The summed E-state index contributed by atoms with van der Waals surface area (Å²) < 4.78 is 15.0. The Morgan fingerprint density at radius 3 is 2.67 bits per heavy atom. The molecule has 0 aliphatic rings. The summed E-state index contributed by atoms with van der Waals surface area (Å²) in [7, 11) is 2.90. The summed E-state index contributed by atoms with van der Waals surface area (Å²) in [4.78, 5) is 20.0. The van der Waals surface area contributed by atoms with Crippen molar-refractivity contribution < 1.29 is 18.8 Å². The van der Waals surface area contributed by atoms with Crippen LogP contribution < -0.4 is 14.8 Å². The van der Waals surface area contributed by atoms with Crippen molar-refractivity contribution in [2.75, 3.05) is 19.5 Å². The number of ether oxygens (including phenoxy) is 2. The van der Waals surface area contributed by atoms with Crippen LogP contribution in [0.3, 0.4) is 0 Å². The van der Waals surface area contributed by atoms with E-state index < -0.39 is 0 Å². The highest BCUT2D eigenvalue weighted by molar-refractivity contribution is 5.93. The average Bonchev–Trinajstić information content (AvgIpc) is 2.79. The van der Waals surface area contributed by atoms with Crippen LogP contribution >= 0.6 is 0 Å². The highest BCUT2D eigenvalue weighted by atomic mass is 16.5. The van der Waals surface area contributed by atoms with Crippen molar-refractivity contribution in [3.63, 3.8) is 0 Å². The SMILES string of the molecule is COc1ncc(NC(=O)Cc2c(C)noc2C)c(OC)n1. The van der Waals surface area contributed by atoms with Crippen molar-refractivity contribution in [2.24, 2.45) is 0 Å². The molecule has 1 amide bonds. The van der Waals surface area contributed by atoms with Crippen molar-refractivity contribution in [1.29, 1.82) is 0 Å². The first-order chi connectivity index (χ1) is 10.0. The van der Waals surface area contributed by atoms with E-state index in [1.54, 1.807) is 13.8 Å². The lowest BCUT2D eigenvalue weighted by atomic mass is 10.1. The third kappa shape index (κ3) is 3.28. The summed E-state index contributed by atoms with van der Waals surface area (Å²) in [5.74, 6) is 0.617. The van der Waals surface area contributed by atoms with E-state index in [0.29, 0.717) is 17.1 Å². The van der Waals surface area contributed by atoms with Gasteiger partial charge in [0, 0.05) is 5.56 Å². The normalized spacial score (nSPS) is 10.3. The quantitative estimate of drug-likeness (QED) is 0.886. The van der Waals surface area contributed by atoms with Gasteiger partial charge < -0.3 is 19.3 Å². The molecule has 0 atom stereocenters. The van der Waals surface area contributed by atoms with Crippen LogP contribution in [0.4, 0.5) is 5.69 Å². The first-order valence-corrected chi connectivity index (χ1v) is 6.21. The van der Waals surface area contributed by atoms with Crippen LogP contribution in [0.25, 0.3) is 0 Å². The van der Waals surface area contributed by atoms with Gasteiger partial charge in [-0.25, -0.2) is 4.98 Å². The average molecular weight is 292 g/mol. The molecule has 0 saturated heterocycles. The lowest BCUT2D eigenvalue weighted by Crippen LogP contribution is -2.16. The maximum atomic E-state index is 12.1. The van der Waals surface area contributed by atoms with Gasteiger partial charge in [-0.1, -0.05) is 5.16 Å². The summed E-state index contributed by atoms with van der Waals surface area (Å²) >= 11 is 0. The van der Waals surface area contributed by atoms with Gasteiger partial charge in [0.25, 0.3) is 0 Å². The van der Waals surface area contributed by atoms with Crippen molar-refractivity contribution in [2.45, 2.75) is 20.3 Å². The van der Waals surface area contributed by atoms with Crippen LogP contribution in [0.2, 0.25) is 0 Å². The fourth-order valence-corrected chi connectivity index (χ4v) is 1.80. The summed E-state index contributed by atoms with van der Waals surface area (Å²) in [6.07, 6.45) is 1.58. The van der Waals surface area contributed by atoms with Gasteiger partial charge in [0.2, 0.25) is 11.8 Å². The van der Waals surface area contributed by atoms with Gasteiger partial charge in [-0.2, -0.15) is 4.98 Å².